The second kappa shape index (κ2) is 13.2. The highest BCUT2D eigenvalue weighted by Crippen LogP contribution is 2.29. The summed E-state index contributed by atoms with van der Waals surface area (Å²) in [5.74, 6) is -2.23. The topological polar surface area (TPSA) is 95.7 Å². The number of pyridine rings is 1. The predicted molar refractivity (Wildman–Crippen MR) is 161 cm³/mol. The zero-order chi connectivity index (χ0) is 30.1. The molecule has 1 atom stereocenters. The van der Waals surface area contributed by atoms with Gasteiger partial charge < -0.3 is 23.9 Å². The number of carboxylic acids is 1. The number of ether oxygens (including phenoxy) is 3. The van der Waals surface area contributed by atoms with E-state index in [-0.39, 0.29) is 65.8 Å². The Hall–Kier alpha value is -4.26. The molecule has 1 N–H and O–H groups in total. The second-order valence-corrected chi connectivity index (χ2v) is 10.4. The van der Waals surface area contributed by atoms with Gasteiger partial charge in [-0.15, -0.1) is 0 Å². The Labute approximate surface area is 261 Å². The lowest BCUT2D eigenvalue weighted by molar-refractivity contribution is -0.0589. The number of halogens is 4. The van der Waals surface area contributed by atoms with Crippen molar-refractivity contribution in [1.29, 1.82) is 0 Å². The highest BCUT2D eigenvalue weighted by Gasteiger charge is 2.24. The smallest absolute Gasteiger partial charge is 0.335 e. The Kier molecular flexibility index (Phi) is 9.33. The van der Waals surface area contributed by atoms with E-state index in [4.69, 9.17) is 25.8 Å². The van der Waals surface area contributed by atoms with Crippen molar-refractivity contribution in [1.82, 2.24) is 14.5 Å². The van der Waals surface area contributed by atoms with E-state index < -0.39 is 23.4 Å². The molecule has 5 aromatic rings. The molecule has 1 fully saturated rings. The lowest BCUT2D eigenvalue weighted by Crippen LogP contribution is -2.31. The van der Waals surface area contributed by atoms with Crippen molar-refractivity contribution in [2.24, 2.45) is 0 Å². The minimum Gasteiger partial charge on any atom is -0.484 e. The third kappa shape index (κ3) is 6.77. The molecular formula is C31H25ClF3N3O5S. The third-order valence-corrected chi connectivity index (χ3v) is 7.21. The number of imidazole rings is 1. The summed E-state index contributed by atoms with van der Waals surface area (Å²) in [6.07, 6.45) is 2.17. The second-order valence-electron chi connectivity index (χ2n) is 9.93. The van der Waals surface area contributed by atoms with E-state index in [2.05, 4.69) is 9.97 Å². The summed E-state index contributed by atoms with van der Waals surface area (Å²) in [6.45, 7) is 0.894. The molecule has 1 aliphatic heterocycles. The summed E-state index contributed by atoms with van der Waals surface area (Å²) in [7, 11) is 0. The molecule has 13 heteroatoms. The number of nitrogens with zero attached hydrogens (tertiary/aromatic N) is 3. The van der Waals surface area contributed by atoms with Crippen LogP contribution in [0.15, 0.2) is 66.9 Å². The number of carboxylic acid groups (broad SMARTS) is 1. The van der Waals surface area contributed by atoms with Crippen molar-refractivity contribution < 1.29 is 37.3 Å². The van der Waals surface area contributed by atoms with Crippen molar-refractivity contribution in [3.63, 3.8) is 0 Å². The van der Waals surface area contributed by atoms with Crippen molar-refractivity contribution in [2.75, 3.05) is 6.61 Å². The van der Waals surface area contributed by atoms with Crippen LogP contribution in [0.3, 0.4) is 0 Å². The van der Waals surface area contributed by atoms with Crippen LogP contribution in [0.5, 0.6) is 17.2 Å². The summed E-state index contributed by atoms with van der Waals surface area (Å²) in [6, 6.07) is 13.9. The normalized spacial score (nSPS) is 14.1. The first kappa shape index (κ1) is 31.2. The number of fused-ring (bicyclic) bond motifs is 1. The van der Waals surface area contributed by atoms with Gasteiger partial charge in [-0.1, -0.05) is 17.7 Å². The highest BCUT2D eigenvalue weighted by atomic mass is 35.5. The Morgan fingerprint density at radius 3 is 2.52 bits per heavy atom. The first-order chi connectivity index (χ1) is 20.7. The lowest BCUT2D eigenvalue weighted by Gasteiger charge is -2.27. The van der Waals surface area contributed by atoms with E-state index in [1.54, 1.807) is 28.8 Å². The van der Waals surface area contributed by atoms with Crippen LogP contribution in [0.4, 0.5) is 13.2 Å². The fourth-order valence-electron chi connectivity index (χ4n) is 4.71. The molecule has 6 rings (SSSR count). The van der Waals surface area contributed by atoms with Crippen LogP contribution < -0.4 is 9.47 Å². The van der Waals surface area contributed by atoms with Gasteiger partial charge in [0.25, 0.3) is 0 Å². The molecule has 3 aromatic carbocycles. The van der Waals surface area contributed by atoms with Gasteiger partial charge in [0.1, 0.15) is 35.3 Å². The Morgan fingerprint density at radius 1 is 1.02 bits per heavy atom. The van der Waals surface area contributed by atoms with Crippen LogP contribution in [0.25, 0.3) is 11.0 Å². The molecule has 8 nitrogen and oxygen atoms in total. The first-order valence-electron chi connectivity index (χ1n) is 13.3. The molecule has 0 bridgehead atoms. The molecule has 0 unspecified atom stereocenters. The van der Waals surface area contributed by atoms with Crippen molar-refractivity contribution in [3.05, 3.63) is 112 Å². The van der Waals surface area contributed by atoms with E-state index in [0.29, 0.717) is 35.9 Å². The Morgan fingerprint density at radius 2 is 1.82 bits per heavy atom. The quantitative estimate of drug-likeness (QED) is 0.174. The number of benzene rings is 3. The lowest BCUT2D eigenvalue weighted by atomic mass is 10.1. The largest absolute Gasteiger partial charge is 0.484 e. The van der Waals surface area contributed by atoms with Gasteiger partial charge in [0.05, 0.1) is 29.4 Å². The number of hydrogen-bond donors (Lipinski definition) is 1. The average molecular weight is 644 g/mol. The SMILES string of the molecule is O=C(O)c1cc(F)c2nc(Cc3ccc(Oc4ccnc(COc5ccc(Cl)cc5F)c4)cc3F)n(C[C@@H]3CCO3)c2c1.S. The molecule has 0 amide bonds. The minimum absolute atomic E-state index is 0. The molecule has 1 saturated heterocycles. The average Bonchev–Trinajstić information content (AvgIpc) is 3.29. The van der Waals surface area contributed by atoms with Gasteiger partial charge >= 0.3 is 5.97 Å². The molecule has 0 saturated carbocycles. The highest BCUT2D eigenvalue weighted by molar-refractivity contribution is 7.59. The van der Waals surface area contributed by atoms with E-state index >= 15 is 4.39 Å². The molecule has 228 valence electrons. The molecule has 0 aliphatic carbocycles. The monoisotopic (exact) mass is 643 g/mol. The van der Waals surface area contributed by atoms with Crippen LogP contribution in [-0.2, 0) is 24.3 Å². The minimum atomic E-state index is -1.26. The van der Waals surface area contributed by atoms with Crippen LogP contribution in [0.2, 0.25) is 5.02 Å². The standard InChI is InChI=1S/C31H23ClF3N3O5.H2S/c32-19-2-4-28(25(34)12-19)42-16-20-13-22(5-7-36-20)43-21-3-1-17(24(33)14-21)11-29-37-30-26(35)9-18(31(39)40)10-27(30)38(29)15-23-6-8-41-23;/h1-5,7,9-10,12-14,23H,6,8,11,15-16H2,(H,39,40);1H2/t23-;/m0./s1. The number of hydrogen-bond acceptors (Lipinski definition) is 6. The van der Waals surface area contributed by atoms with Gasteiger partial charge in [-0.2, -0.15) is 13.5 Å². The summed E-state index contributed by atoms with van der Waals surface area (Å²) < 4.78 is 62.6. The molecule has 0 spiro atoms. The zero-order valence-corrected chi connectivity index (χ0v) is 24.7. The molecule has 2 aromatic heterocycles. The van der Waals surface area contributed by atoms with E-state index in [1.807, 2.05) is 0 Å². The van der Waals surface area contributed by atoms with Crippen LogP contribution in [0.1, 0.15) is 33.9 Å². The van der Waals surface area contributed by atoms with Gasteiger partial charge in [0, 0.05) is 36.4 Å². The predicted octanol–water partition coefficient (Wildman–Crippen LogP) is 7.06. The van der Waals surface area contributed by atoms with Gasteiger partial charge in [0.15, 0.2) is 17.4 Å². The Bertz CT molecular complexity index is 1850. The summed E-state index contributed by atoms with van der Waals surface area (Å²) >= 11 is 5.77. The summed E-state index contributed by atoms with van der Waals surface area (Å²) in [5.41, 5.74) is 0.848. The van der Waals surface area contributed by atoms with Gasteiger partial charge in [0.2, 0.25) is 0 Å². The molecule has 1 aliphatic rings. The number of rotatable bonds is 10. The maximum atomic E-state index is 15.3. The van der Waals surface area contributed by atoms with Gasteiger partial charge in [-0.05, 0) is 54.4 Å². The Balaban J connectivity index is 0.00000384. The van der Waals surface area contributed by atoms with Gasteiger partial charge in [-0.25, -0.2) is 22.9 Å². The number of aromatic nitrogens is 3. The zero-order valence-electron chi connectivity index (χ0n) is 22.9. The fraction of sp³-hybridized carbons (Fsp3) is 0.194. The van der Waals surface area contributed by atoms with Crippen LogP contribution in [-0.4, -0.2) is 38.3 Å². The molecular weight excluding hydrogens is 619 g/mol. The van der Waals surface area contributed by atoms with Crippen LogP contribution in [0, 0.1) is 17.5 Å². The third-order valence-electron chi connectivity index (χ3n) is 6.98. The van der Waals surface area contributed by atoms with E-state index in [9.17, 15) is 18.7 Å². The summed E-state index contributed by atoms with van der Waals surface area (Å²) in [4.78, 5) is 20.1. The van der Waals surface area contributed by atoms with E-state index in [1.165, 1.54) is 30.5 Å². The van der Waals surface area contributed by atoms with Crippen LogP contribution >= 0.6 is 25.1 Å². The van der Waals surface area contributed by atoms with Crippen molar-refractivity contribution >= 4 is 42.1 Å². The molecule has 44 heavy (non-hydrogen) atoms. The van der Waals surface area contributed by atoms with E-state index in [0.717, 1.165) is 18.6 Å². The number of carbonyl (C=O) groups is 1. The maximum absolute atomic E-state index is 15.3. The molecule has 0 radical (unpaired) electrons. The van der Waals surface area contributed by atoms with Crippen molar-refractivity contribution in [3.8, 4) is 17.2 Å². The molecule has 3 heterocycles. The van der Waals surface area contributed by atoms with Gasteiger partial charge in [-0.3, -0.25) is 4.98 Å². The summed E-state index contributed by atoms with van der Waals surface area (Å²) in [5, 5.41) is 9.66. The number of aromatic carboxylic acids is 1. The fourth-order valence-corrected chi connectivity index (χ4v) is 4.87. The van der Waals surface area contributed by atoms with Crippen molar-refractivity contribution in [2.45, 2.75) is 32.1 Å². The maximum Gasteiger partial charge on any atom is 0.335 e. The first-order valence-corrected chi connectivity index (χ1v) is 13.6.